The van der Waals surface area contributed by atoms with Crippen molar-refractivity contribution in [1.29, 1.82) is 0 Å². The van der Waals surface area contributed by atoms with E-state index in [0.29, 0.717) is 11.5 Å². The van der Waals surface area contributed by atoms with Crippen LogP contribution < -0.4 is 15.2 Å². The van der Waals surface area contributed by atoms with Crippen LogP contribution in [0.15, 0.2) is 12.1 Å². The molecule has 0 saturated carbocycles. The lowest BCUT2D eigenvalue weighted by Gasteiger charge is -2.12. The summed E-state index contributed by atoms with van der Waals surface area (Å²) in [6.07, 6.45) is -0.0246. The normalized spacial score (nSPS) is 9.75. The lowest BCUT2D eigenvalue weighted by molar-refractivity contribution is -0.141. The van der Waals surface area contributed by atoms with Gasteiger partial charge in [0.15, 0.2) is 0 Å². The first-order valence-electron chi connectivity index (χ1n) is 5.79. The van der Waals surface area contributed by atoms with E-state index >= 15 is 0 Å². The van der Waals surface area contributed by atoms with Crippen molar-refractivity contribution in [2.75, 3.05) is 33.7 Å². The van der Waals surface area contributed by atoms with E-state index in [1.54, 1.807) is 6.07 Å². The molecule has 1 rings (SSSR count). The molecule has 0 amide bonds. The van der Waals surface area contributed by atoms with Crippen LogP contribution >= 0.6 is 0 Å². The number of hydrogen-bond acceptors (Lipinski definition) is 7. The fourth-order valence-corrected chi connectivity index (χ4v) is 1.46. The molecular weight excluding hydrogens is 266 g/mol. The fraction of sp³-hybridized carbons (Fsp3) is 0.385. The summed E-state index contributed by atoms with van der Waals surface area (Å²) in [4.78, 5) is 22.8. The number of nitrogen functional groups attached to an aromatic ring is 1. The Hall–Kier alpha value is -2.44. The van der Waals surface area contributed by atoms with Gasteiger partial charge in [0, 0.05) is 6.07 Å². The number of methoxy groups -OCH3 is 3. The molecule has 0 aliphatic carbocycles. The van der Waals surface area contributed by atoms with Gasteiger partial charge in [0.05, 0.1) is 39.0 Å². The molecule has 1 aromatic carbocycles. The van der Waals surface area contributed by atoms with Gasteiger partial charge in [-0.15, -0.1) is 0 Å². The highest BCUT2D eigenvalue weighted by atomic mass is 16.5. The molecule has 0 unspecified atom stereocenters. The summed E-state index contributed by atoms with van der Waals surface area (Å²) >= 11 is 0. The third-order valence-corrected chi connectivity index (χ3v) is 2.56. The number of nitrogens with two attached hydrogens (primary N) is 1. The molecule has 7 nitrogen and oxygen atoms in total. The van der Waals surface area contributed by atoms with Crippen molar-refractivity contribution in [2.24, 2.45) is 0 Å². The summed E-state index contributed by atoms with van der Waals surface area (Å²) in [6.45, 7) is -0.0928. The van der Waals surface area contributed by atoms with Gasteiger partial charge in [-0.25, -0.2) is 4.79 Å². The van der Waals surface area contributed by atoms with Crippen LogP contribution in [0.5, 0.6) is 11.5 Å². The van der Waals surface area contributed by atoms with E-state index in [9.17, 15) is 9.59 Å². The van der Waals surface area contributed by atoms with E-state index < -0.39 is 11.9 Å². The molecule has 0 aliphatic heterocycles. The van der Waals surface area contributed by atoms with Gasteiger partial charge in [-0.05, 0) is 6.07 Å². The number of carbonyl (C=O) groups excluding carboxylic acids is 2. The molecule has 110 valence electrons. The monoisotopic (exact) mass is 283 g/mol. The number of esters is 2. The van der Waals surface area contributed by atoms with Gasteiger partial charge in [0.1, 0.15) is 18.1 Å². The zero-order chi connectivity index (χ0) is 15.1. The maximum Gasteiger partial charge on any atom is 0.340 e. The van der Waals surface area contributed by atoms with Crippen LogP contribution in [-0.4, -0.2) is 39.9 Å². The Morgan fingerprint density at radius 2 is 1.85 bits per heavy atom. The number of ether oxygens (including phenoxy) is 4. The Morgan fingerprint density at radius 1 is 1.15 bits per heavy atom. The lowest BCUT2D eigenvalue weighted by atomic mass is 10.1. The number of anilines is 1. The SMILES string of the molecule is COC(=O)CCOC(=O)c1cc(OC)cc(OC)c1N. The molecular formula is C13H17NO6. The third kappa shape index (κ3) is 3.78. The van der Waals surface area contributed by atoms with Crippen LogP contribution in [-0.2, 0) is 14.3 Å². The molecule has 0 bridgehead atoms. The Bertz CT molecular complexity index is 500. The standard InChI is InChI=1S/C13H17NO6/c1-17-8-6-9(12(14)10(7-8)18-2)13(16)20-5-4-11(15)19-3/h6-7H,4-5,14H2,1-3H3. The minimum absolute atomic E-state index is 0.0246. The fourth-order valence-electron chi connectivity index (χ4n) is 1.46. The van der Waals surface area contributed by atoms with Crippen LogP contribution in [0, 0.1) is 0 Å². The quantitative estimate of drug-likeness (QED) is 0.614. The molecule has 2 N–H and O–H groups in total. The zero-order valence-corrected chi connectivity index (χ0v) is 11.6. The molecule has 7 heteroatoms. The van der Waals surface area contributed by atoms with Crippen molar-refractivity contribution >= 4 is 17.6 Å². The van der Waals surface area contributed by atoms with E-state index in [0.717, 1.165) is 0 Å². The van der Waals surface area contributed by atoms with Gasteiger partial charge in [-0.2, -0.15) is 0 Å². The molecule has 0 saturated heterocycles. The predicted octanol–water partition coefficient (Wildman–Crippen LogP) is 1.01. The van der Waals surface area contributed by atoms with Gasteiger partial charge in [0.25, 0.3) is 0 Å². The second-order valence-corrected chi connectivity index (χ2v) is 3.75. The highest BCUT2D eigenvalue weighted by molar-refractivity contribution is 5.97. The molecule has 0 atom stereocenters. The van der Waals surface area contributed by atoms with Crippen molar-refractivity contribution < 1.29 is 28.5 Å². The molecule has 0 radical (unpaired) electrons. The van der Waals surface area contributed by atoms with Crippen molar-refractivity contribution in [1.82, 2.24) is 0 Å². The lowest BCUT2D eigenvalue weighted by Crippen LogP contribution is -2.13. The van der Waals surface area contributed by atoms with E-state index in [1.165, 1.54) is 27.4 Å². The predicted molar refractivity (Wildman–Crippen MR) is 70.9 cm³/mol. The maximum atomic E-state index is 11.9. The van der Waals surface area contributed by atoms with Crippen molar-refractivity contribution in [3.05, 3.63) is 17.7 Å². The molecule has 0 aliphatic rings. The first kappa shape index (κ1) is 15.6. The van der Waals surface area contributed by atoms with Crippen LogP contribution in [0.4, 0.5) is 5.69 Å². The zero-order valence-electron chi connectivity index (χ0n) is 11.6. The highest BCUT2D eigenvalue weighted by Crippen LogP contribution is 2.31. The summed E-state index contributed by atoms with van der Waals surface area (Å²) in [5.74, 6) is -0.405. The van der Waals surface area contributed by atoms with Gasteiger partial charge in [-0.1, -0.05) is 0 Å². The molecule has 0 spiro atoms. The largest absolute Gasteiger partial charge is 0.497 e. The third-order valence-electron chi connectivity index (χ3n) is 2.56. The van der Waals surface area contributed by atoms with E-state index in [2.05, 4.69) is 4.74 Å². The average Bonchev–Trinajstić information content (AvgIpc) is 2.47. The molecule has 0 heterocycles. The van der Waals surface area contributed by atoms with Gasteiger partial charge in [0.2, 0.25) is 0 Å². The summed E-state index contributed by atoms with van der Waals surface area (Å²) < 4.78 is 19.5. The highest BCUT2D eigenvalue weighted by Gasteiger charge is 2.17. The minimum atomic E-state index is -0.663. The Kier molecular flexibility index (Phi) is 5.64. The molecule has 1 aromatic rings. The summed E-state index contributed by atoms with van der Waals surface area (Å²) in [5, 5.41) is 0. The number of benzene rings is 1. The van der Waals surface area contributed by atoms with Crippen LogP contribution in [0.2, 0.25) is 0 Å². The van der Waals surface area contributed by atoms with Crippen molar-refractivity contribution in [3.8, 4) is 11.5 Å². The number of hydrogen-bond donors (Lipinski definition) is 1. The smallest absolute Gasteiger partial charge is 0.340 e. The Balaban J connectivity index is 2.84. The van der Waals surface area contributed by atoms with Crippen molar-refractivity contribution in [3.63, 3.8) is 0 Å². The van der Waals surface area contributed by atoms with Gasteiger partial charge in [-0.3, -0.25) is 4.79 Å². The van der Waals surface area contributed by atoms with E-state index in [-0.39, 0.29) is 24.3 Å². The van der Waals surface area contributed by atoms with Crippen LogP contribution in [0.3, 0.4) is 0 Å². The summed E-state index contributed by atoms with van der Waals surface area (Å²) in [7, 11) is 4.14. The maximum absolute atomic E-state index is 11.9. The molecule has 0 aromatic heterocycles. The summed E-state index contributed by atoms with van der Waals surface area (Å²) in [6, 6.07) is 3.00. The number of carbonyl (C=O) groups is 2. The Labute approximate surface area is 116 Å². The summed E-state index contributed by atoms with van der Waals surface area (Å²) in [5.41, 5.74) is 6.07. The average molecular weight is 283 g/mol. The minimum Gasteiger partial charge on any atom is -0.497 e. The van der Waals surface area contributed by atoms with Crippen LogP contribution in [0.25, 0.3) is 0 Å². The molecule has 20 heavy (non-hydrogen) atoms. The first-order chi connectivity index (χ1) is 9.53. The molecule has 0 fully saturated rings. The van der Waals surface area contributed by atoms with Crippen LogP contribution in [0.1, 0.15) is 16.8 Å². The Morgan fingerprint density at radius 3 is 2.40 bits per heavy atom. The first-order valence-corrected chi connectivity index (χ1v) is 5.79. The second kappa shape index (κ2) is 7.22. The van der Waals surface area contributed by atoms with E-state index in [1.807, 2.05) is 0 Å². The van der Waals surface area contributed by atoms with Gasteiger partial charge >= 0.3 is 11.9 Å². The topological polar surface area (TPSA) is 97.1 Å². The van der Waals surface area contributed by atoms with Crippen molar-refractivity contribution in [2.45, 2.75) is 6.42 Å². The second-order valence-electron chi connectivity index (χ2n) is 3.75. The van der Waals surface area contributed by atoms with Gasteiger partial charge < -0.3 is 24.7 Å². The number of rotatable bonds is 6. The van der Waals surface area contributed by atoms with E-state index in [4.69, 9.17) is 19.9 Å².